The number of aliphatic hydroxyl groups excluding tert-OH is 5. The molecule has 9 N–H and O–H groups in total. The molecule has 268 valence electrons. The molecule has 9 atom stereocenters. The molecule has 10 nitrogen and oxygen atoms in total. The summed E-state index contributed by atoms with van der Waals surface area (Å²) in [5.41, 5.74) is 11.7. The maximum atomic E-state index is 12.2. The molecule has 1 aliphatic heterocycles. The zero-order chi connectivity index (χ0) is 33.5. The molecule has 0 bridgehead atoms. The van der Waals surface area contributed by atoms with Gasteiger partial charge >= 0.3 is 0 Å². The Morgan fingerprint density at radius 3 is 1.62 bits per heavy atom. The molecule has 0 aromatic heterocycles. The second-order valence-corrected chi connectivity index (χ2v) is 13.6. The molecule has 45 heavy (non-hydrogen) atoms. The Morgan fingerprint density at radius 1 is 0.733 bits per heavy atom. The topological polar surface area (TPSA) is 189 Å². The molecule has 1 fully saturated rings. The van der Waals surface area contributed by atoms with E-state index < -0.39 is 42.7 Å². The summed E-state index contributed by atoms with van der Waals surface area (Å²) in [6.07, 6.45) is 16.9. The number of aliphatic hydroxyl groups is 5. The number of ketones is 1. The van der Waals surface area contributed by atoms with E-state index in [1.54, 1.807) is 6.92 Å². The fourth-order valence-electron chi connectivity index (χ4n) is 6.09. The van der Waals surface area contributed by atoms with Crippen LogP contribution in [-0.4, -0.2) is 93.4 Å². The van der Waals surface area contributed by atoms with Gasteiger partial charge in [0.05, 0.1) is 43.7 Å². The van der Waals surface area contributed by atoms with Crippen molar-refractivity contribution >= 4 is 5.78 Å². The molecule has 1 unspecified atom stereocenters. The number of nitrogens with two attached hydrogens (primary N) is 2. The van der Waals surface area contributed by atoms with Crippen LogP contribution in [0.4, 0.5) is 0 Å². The lowest BCUT2D eigenvalue weighted by atomic mass is 9.91. The number of unbranched alkanes of at least 4 members (excludes halogenated alkanes) is 15. The van der Waals surface area contributed by atoms with Crippen molar-refractivity contribution in [2.24, 2.45) is 17.4 Å². The van der Waals surface area contributed by atoms with Crippen LogP contribution in [0, 0.1) is 5.92 Å². The zero-order valence-electron chi connectivity index (χ0n) is 28.6. The summed E-state index contributed by atoms with van der Waals surface area (Å²) in [6.45, 7) is 3.00. The van der Waals surface area contributed by atoms with E-state index in [2.05, 4.69) is 0 Å². The van der Waals surface area contributed by atoms with Crippen LogP contribution in [0.15, 0.2) is 0 Å². The smallest absolute Gasteiger partial charge is 0.186 e. The fourth-order valence-corrected chi connectivity index (χ4v) is 6.09. The van der Waals surface area contributed by atoms with Crippen molar-refractivity contribution in [3.05, 3.63) is 0 Å². The lowest BCUT2D eigenvalue weighted by molar-refractivity contribution is -0.302. The highest BCUT2D eigenvalue weighted by molar-refractivity contribution is 5.78. The number of carbonyl (C=O) groups excluding carboxylic acids is 1. The Hall–Kier alpha value is -0.690. The molecule has 0 aromatic rings. The van der Waals surface area contributed by atoms with E-state index in [4.69, 9.17) is 20.9 Å². The molecular formula is C35H70N2O8. The van der Waals surface area contributed by atoms with E-state index in [1.807, 2.05) is 6.92 Å². The molecule has 0 spiro atoms. The van der Waals surface area contributed by atoms with Crippen LogP contribution in [0.25, 0.3) is 0 Å². The Labute approximate surface area is 273 Å². The number of carbonyl (C=O) groups is 1. The standard InChI is InChI=1S/C35H70N2O8/c1-26-32(25-39)45-35(34(43)33(26)42)44-31(29(37)24-38)23-19-15-11-7-9-13-17-21-28(40)20-16-12-8-5-3-4-6-10-14-18-22-30(41)27(2)36/h26-27,29-35,38-39,41-43H,3-25,36-37H2,1-2H3/t26?,27-,29+,30-,31-,32-,33+,34-,35-/m1/s1. The lowest BCUT2D eigenvalue weighted by Crippen LogP contribution is -2.57. The summed E-state index contributed by atoms with van der Waals surface area (Å²) in [6, 6.07) is -0.770. The molecule has 1 heterocycles. The van der Waals surface area contributed by atoms with Crippen molar-refractivity contribution in [3.8, 4) is 0 Å². The highest BCUT2D eigenvalue weighted by atomic mass is 16.7. The maximum Gasteiger partial charge on any atom is 0.186 e. The summed E-state index contributed by atoms with van der Waals surface area (Å²) in [7, 11) is 0. The highest BCUT2D eigenvalue weighted by Crippen LogP contribution is 2.28. The van der Waals surface area contributed by atoms with E-state index in [0.717, 1.165) is 70.6 Å². The second-order valence-electron chi connectivity index (χ2n) is 13.6. The summed E-state index contributed by atoms with van der Waals surface area (Å²) in [5, 5.41) is 49.5. The largest absolute Gasteiger partial charge is 0.395 e. The van der Waals surface area contributed by atoms with Crippen LogP contribution in [-0.2, 0) is 14.3 Å². The van der Waals surface area contributed by atoms with Crippen LogP contribution >= 0.6 is 0 Å². The van der Waals surface area contributed by atoms with Crippen molar-refractivity contribution in [3.63, 3.8) is 0 Å². The van der Waals surface area contributed by atoms with Crippen molar-refractivity contribution in [2.45, 2.75) is 198 Å². The van der Waals surface area contributed by atoms with Gasteiger partial charge in [0.2, 0.25) is 0 Å². The average Bonchev–Trinajstić information content (AvgIpc) is 3.03. The highest BCUT2D eigenvalue weighted by Gasteiger charge is 2.43. The predicted molar refractivity (Wildman–Crippen MR) is 178 cm³/mol. The summed E-state index contributed by atoms with van der Waals surface area (Å²) in [4.78, 5) is 12.2. The molecule has 0 radical (unpaired) electrons. The van der Waals surface area contributed by atoms with Gasteiger partial charge in [0.25, 0.3) is 0 Å². The average molecular weight is 647 g/mol. The van der Waals surface area contributed by atoms with Crippen LogP contribution < -0.4 is 11.5 Å². The van der Waals surface area contributed by atoms with Gasteiger partial charge in [-0.1, -0.05) is 103 Å². The van der Waals surface area contributed by atoms with Crippen LogP contribution in [0.1, 0.15) is 149 Å². The number of ether oxygens (including phenoxy) is 2. The molecule has 10 heteroatoms. The van der Waals surface area contributed by atoms with E-state index in [-0.39, 0.29) is 25.4 Å². The quantitative estimate of drug-likeness (QED) is 0.0579. The minimum absolute atomic E-state index is 0.133. The van der Waals surface area contributed by atoms with Crippen molar-refractivity contribution < 1.29 is 39.8 Å². The molecule has 0 saturated carbocycles. The molecule has 0 aromatic carbocycles. The van der Waals surface area contributed by atoms with Gasteiger partial charge in [0, 0.05) is 24.8 Å². The maximum absolute atomic E-state index is 12.2. The number of rotatable bonds is 29. The molecule has 1 saturated heterocycles. The van der Waals surface area contributed by atoms with Gasteiger partial charge in [-0.25, -0.2) is 0 Å². The first-order valence-corrected chi connectivity index (χ1v) is 18.2. The summed E-state index contributed by atoms with van der Waals surface area (Å²) < 4.78 is 11.6. The van der Waals surface area contributed by atoms with Gasteiger partial charge in [-0.05, 0) is 32.6 Å². The third kappa shape index (κ3) is 19.0. The van der Waals surface area contributed by atoms with Gasteiger partial charge in [0.1, 0.15) is 11.9 Å². The molecular weight excluding hydrogens is 576 g/mol. The van der Waals surface area contributed by atoms with Crippen molar-refractivity contribution in [1.29, 1.82) is 0 Å². The van der Waals surface area contributed by atoms with Gasteiger partial charge in [-0.15, -0.1) is 0 Å². The van der Waals surface area contributed by atoms with Crippen molar-refractivity contribution in [1.82, 2.24) is 0 Å². The predicted octanol–water partition coefficient (Wildman–Crippen LogP) is 4.24. The number of hydrogen-bond acceptors (Lipinski definition) is 10. The van der Waals surface area contributed by atoms with Gasteiger partial charge in [-0.2, -0.15) is 0 Å². The number of Topliss-reactive ketones (excluding diaryl/α,β-unsaturated/α-hetero) is 1. The van der Waals surface area contributed by atoms with Gasteiger partial charge in [0.15, 0.2) is 6.29 Å². The van der Waals surface area contributed by atoms with E-state index >= 15 is 0 Å². The zero-order valence-corrected chi connectivity index (χ0v) is 28.6. The minimum atomic E-state index is -1.25. The Morgan fingerprint density at radius 2 is 1.18 bits per heavy atom. The molecule has 1 rings (SSSR count). The SMILES string of the molecule is CC1[C@@H](CO)O[C@@H](O[C@H](CCCCCCCCCC(=O)CCCCCCCCCCCC[C@@H](O)[C@@H](C)N)[C@@H](N)CO)[C@H](O)[C@H]1O. The normalized spacial score (nSPS) is 24.8. The first kappa shape index (κ1) is 42.3. The van der Waals surface area contributed by atoms with E-state index in [0.29, 0.717) is 25.0 Å². The molecule has 1 aliphatic rings. The summed E-state index contributed by atoms with van der Waals surface area (Å²) in [5.74, 6) is -0.0337. The minimum Gasteiger partial charge on any atom is -0.395 e. The third-order valence-electron chi connectivity index (χ3n) is 9.50. The first-order valence-electron chi connectivity index (χ1n) is 18.2. The monoisotopic (exact) mass is 647 g/mol. The Bertz CT molecular complexity index is 713. The Balaban J connectivity index is 2.00. The third-order valence-corrected chi connectivity index (χ3v) is 9.50. The van der Waals surface area contributed by atoms with Crippen LogP contribution in [0.2, 0.25) is 0 Å². The Kier molecular flexibility index (Phi) is 24.7. The number of hydrogen-bond donors (Lipinski definition) is 7. The van der Waals surface area contributed by atoms with Gasteiger partial charge < -0.3 is 46.5 Å². The molecule has 0 aliphatic carbocycles. The second kappa shape index (κ2) is 26.3. The molecule has 0 amide bonds. The van der Waals surface area contributed by atoms with Crippen LogP contribution in [0.3, 0.4) is 0 Å². The van der Waals surface area contributed by atoms with E-state index in [1.165, 1.54) is 44.9 Å². The summed E-state index contributed by atoms with van der Waals surface area (Å²) >= 11 is 0. The van der Waals surface area contributed by atoms with Crippen LogP contribution in [0.5, 0.6) is 0 Å². The fraction of sp³-hybridized carbons (Fsp3) is 0.971. The van der Waals surface area contributed by atoms with Crippen molar-refractivity contribution in [2.75, 3.05) is 13.2 Å². The first-order chi connectivity index (χ1) is 21.6. The van der Waals surface area contributed by atoms with E-state index in [9.17, 15) is 30.3 Å². The van der Waals surface area contributed by atoms with Gasteiger partial charge in [-0.3, -0.25) is 4.79 Å². The lowest BCUT2D eigenvalue weighted by Gasteiger charge is -2.42.